The number of benzene rings is 2. The van der Waals surface area contributed by atoms with Gasteiger partial charge in [0.15, 0.2) is 5.76 Å². The highest BCUT2D eigenvalue weighted by Crippen LogP contribution is 2.39. The van der Waals surface area contributed by atoms with Crippen LogP contribution >= 0.6 is 11.6 Å². The average Bonchev–Trinajstić information content (AvgIpc) is 3.04. The highest BCUT2D eigenvalue weighted by Gasteiger charge is 2.29. The molecule has 0 spiro atoms. The Bertz CT molecular complexity index is 976. The molecule has 3 aromatic rings. The molecule has 5 heteroatoms. The van der Waals surface area contributed by atoms with Crippen LogP contribution in [0.25, 0.3) is 11.0 Å². The molecule has 1 aliphatic heterocycles. The number of methoxy groups -OCH3 is 1. The lowest BCUT2D eigenvalue weighted by atomic mass is 9.96. The molecular formula is C20H18ClNO3. The molecule has 25 heavy (non-hydrogen) atoms. The zero-order valence-electron chi connectivity index (χ0n) is 14.1. The van der Waals surface area contributed by atoms with Crippen molar-refractivity contribution >= 4 is 34.2 Å². The summed E-state index contributed by atoms with van der Waals surface area (Å²) in [5.74, 6) is 0.874. The summed E-state index contributed by atoms with van der Waals surface area (Å²) >= 11 is 6.03. The van der Waals surface area contributed by atoms with Gasteiger partial charge in [0.2, 0.25) is 0 Å². The predicted octanol–water partition coefficient (Wildman–Crippen LogP) is 5.00. The first-order valence-electron chi connectivity index (χ1n) is 8.26. The first kappa shape index (κ1) is 16.0. The van der Waals surface area contributed by atoms with Crippen LogP contribution in [0.1, 0.15) is 28.1 Å². The molecule has 4 nitrogen and oxygen atoms in total. The molecular weight excluding hydrogens is 338 g/mol. The lowest BCUT2D eigenvalue weighted by Crippen LogP contribution is -2.36. The number of ether oxygens (including phenoxy) is 1. The highest BCUT2D eigenvalue weighted by molar-refractivity contribution is 6.31. The van der Waals surface area contributed by atoms with Crippen LogP contribution < -0.4 is 9.64 Å². The molecule has 0 radical (unpaired) electrons. The summed E-state index contributed by atoms with van der Waals surface area (Å²) in [6.07, 6.45) is 1.86. The average molecular weight is 356 g/mol. The SMILES string of the molecule is COc1ccc(C)c2c1N(C(=O)c1cc3cc(Cl)ccc3o1)CCC2. The van der Waals surface area contributed by atoms with Crippen molar-refractivity contribution in [2.24, 2.45) is 0 Å². The first-order chi connectivity index (χ1) is 12.1. The van der Waals surface area contributed by atoms with Gasteiger partial charge in [-0.25, -0.2) is 0 Å². The van der Waals surface area contributed by atoms with E-state index in [1.165, 1.54) is 5.56 Å². The summed E-state index contributed by atoms with van der Waals surface area (Å²) in [7, 11) is 1.63. The molecule has 0 saturated heterocycles. The van der Waals surface area contributed by atoms with Crippen LogP contribution in [0, 0.1) is 6.92 Å². The summed E-state index contributed by atoms with van der Waals surface area (Å²) in [6, 6.07) is 11.0. The van der Waals surface area contributed by atoms with Gasteiger partial charge in [-0.1, -0.05) is 17.7 Å². The number of nitrogens with zero attached hydrogens (tertiary/aromatic N) is 1. The minimum absolute atomic E-state index is 0.155. The molecule has 2 heterocycles. The monoisotopic (exact) mass is 355 g/mol. The van der Waals surface area contributed by atoms with Gasteiger partial charge in [0.25, 0.3) is 5.91 Å². The number of carbonyl (C=O) groups is 1. The molecule has 1 aliphatic rings. The second-order valence-electron chi connectivity index (χ2n) is 6.27. The number of rotatable bonds is 2. The maximum absolute atomic E-state index is 13.1. The van der Waals surface area contributed by atoms with E-state index in [1.54, 1.807) is 36.3 Å². The maximum atomic E-state index is 13.1. The normalized spacial score (nSPS) is 13.8. The molecule has 1 aromatic heterocycles. The fraction of sp³-hybridized carbons (Fsp3) is 0.250. The van der Waals surface area contributed by atoms with Gasteiger partial charge in [-0.05, 0) is 61.2 Å². The van der Waals surface area contributed by atoms with Gasteiger partial charge in [0.05, 0.1) is 12.8 Å². The Morgan fingerprint density at radius 3 is 2.88 bits per heavy atom. The number of amides is 1. The predicted molar refractivity (Wildman–Crippen MR) is 99.0 cm³/mol. The van der Waals surface area contributed by atoms with E-state index in [1.807, 2.05) is 12.1 Å². The van der Waals surface area contributed by atoms with Crippen molar-refractivity contribution in [1.29, 1.82) is 0 Å². The Morgan fingerprint density at radius 2 is 2.08 bits per heavy atom. The van der Waals surface area contributed by atoms with E-state index in [-0.39, 0.29) is 5.91 Å². The zero-order valence-corrected chi connectivity index (χ0v) is 14.9. The minimum Gasteiger partial charge on any atom is -0.495 e. The molecule has 2 aromatic carbocycles. The Hall–Kier alpha value is -2.46. The van der Waals surface area contributed by atoms with Crippen molar-refractivity contribution < 1.29 is 13.9 Å². The van der Waals surface area contributed by atoms with Crippen molar-refractivity contribution in [1.82, 2.24) is 0 Å². The van der Waals surface area contributed by atoms with Crippen LogP contribution in [0.5, 0.6) is 5.75 Å². The molecule has 0 fully saturated rings. The van der Waals surface area contributed by atoms with Crippen LogP contribution in [0.3, 0.4) is 0 Å². The van der Waals surface area contributed by atoms with E-state index in [0.29, 0.717) is 28.7 Å². The molecule has 0 N–H and O–H groups in total. The van der Waals surface area contributed by atoms with Crippen LogP contribution in [0.15, 0.2) is 40.8 Å². The van der Waals surface area contributed by atoms with Gasteiger partial charge in [0, 0.05) is 17.0 Å². The van der Waals surface area contributed by atoms with E-state index < -0.39 is 0 Å². The number of hydrogen-bond donors (Lipinski definition) is 0. The van der Waals surface area contributed by atoms with Crippen molar-refractivity contribution in [3.63, 3.8) is 0 Å². The Kier molecular flexibility index (Phi) is 3.92. The molecule has 0 atom stereocenters. The largest absolute Gasteiger partial charge is 0.495 e. The molecule has 0 saturated carbocycles. The quantitative estimate of drug-likeness (QED) is 0.650. The van der Waals surface area contributed by atoms with Crippen molar-refractivity contribution in [2.45, 2.75) is 19.8 Å². The third kappa shape index (κ3) is 2.67. The third-order valence-electron chi connectivity index (χ3n) is 4.71. The summed E-state index contributed by atoms with van der Waals surface area (Å²) < 4.78 is 11.3. The standard InChI is InChI=1S/C20H18ClNO3/c1-12-5-7-17(24-2)19-15(12)4-3-9-22(19)20(23)18-11-13-10-14(21)6-8-16(13)25-18/h5-8,10-11H,3-4,9H2,1-2H3. The lowest BCUT2D eigenvalue weighted by molar-refractivity contribution is 0.0959. The number of aryl methyl sites for hydroxylation is 1. The fourth-order valence-electron chi connectivity index (χ4n) is 3.47. The van der Waals surface area contributed by atoms with Crippen molar-refractivity contribution in [2.75, 3.05) is 18.6 Å². The maximum Gasteiger partial charge on any atom is 0.294 e. The van der Waals surface area contributed by atoms with Crippen molar-refractivity contribution in [3.05, 3.63) is 58.3 Å². The van der Waals surface area contributed by atoms with Crippen LogP contribution in [-0.4, -0.2) is 19.6 Å². The van der Waals surface area contributed by atoms with Crippen LogP contribution in [0.2, 0.25) is 5.02 Å². The summed E-state index contributed by atoms with van der Waals surface area (Å²) in [5.41, 5.74) is 3.85. The highest BCUT2D eigenvalue weighted by atomic mass is 35.5. The van der Waals surface area contributed by atoms with E-state index in [9.17, 15) is 4.79 Å². The third-order valence-corrected chi connectivity index (χ3v) is 4.95. The number of hydrogen-bond acceptors (Lipinski definition) is 3. The van der Waals surface area contributed by atoms with Gasteiger partial charge in [0.1, 0.15) is 11.3 Å². The molecule has 4 rings (SSSR count). The summed E-state index contributed by atoms with van der Waals surface area (Å²) in [6.45, 7) is 2.71. The number of halogens is 1. The van der Waals surface area contributed by atoms with E-state index in [0.717, 1.165) is 29.5 Å². The smallest absolute Gasteiger partial charge is 0.294 e. The van der Waals surface area contributed by atoms with Gasteiger partial charge in [-0.15, -0.1) is 0 Å². The topological polar surface area (TPSA) is 42.7 Å². The number of anilines is 1. The second-order valence-corrected chi connectivity index (χ2v) is 6.70. The van der Waals surface area contributed by atoms with E-state index in [2.05, 4.69) is 6.92 Å². The zero-order chi connectivity index (χ0) is 17.6. The Labute approximate surface area is 150 Å². The summed E-state index contributed by atoms with van der Waals surface area (Å²) in [4.78, 5) is 14.9. The van der Waals surface area contributed by atoms with Gasteiger partial charge in [-0.2, -0.15) is 0 Å². The minimum atomic E-state index is -0.155. The van der Waals surface area contributed by atoms with Crippen LogP contribution in [0.4, 0.5) is 5.69 Å². The fourth-order valence-corrected chi connectivity index (χ4v) is 3.65. The molecule has 0 unspecified atom stereocenters. The number of carbonyl (C=O) groups excluding carboxylic acids is 1. The van der Waals surface area contributed by atoms with E-state index >= 15 is 0 Å². The second kappa shape index (κ2) is 6.12. The number of fused-ring (bicyclic) bond motifs is 2. The molecule has 0 bridgehead atoms. The number of furan rings is 1. The van der Waals surface area contributed by atoms with Gasteiger partial charge < -0.3 is 14.1 Å². The lowest BCUT2D eigenvalue weighted by Gasteiger charge is -2.31. The first-order valence-corrected chi connectivity index (χ1v) is 8.63. The van der Waals surface area contributed by atoms with E-state index in [4.69, 9.17) is 20.8 Å². The molecule has 128 valence electrons. The van der Waals surface area contributed by atoms with Crippen molar-refractivity contribution in [3.8, 4) is 5.75 Å². The van der Waals surface area contributed by atoms with Gasteiger partial charge >= 0.3 is 0 Å². The molecule has 1 amide bonds. The summed E-state index contributed by atoms with van der Waals surface area (Å²) in [5, 5.41) is 1.44. The Morgan fingerprint density at radius 1 is 1.24 bits per heavy atom. The Balaban J connectivity index is 1.80. The van der Waals surface area contributed by atoms with Gasteiger partial charge in [-0.3, -0.25) is 4.79 Å². The van der Waals surface area contributed by atoms with Crippen LogP contribution in [-0.2, 0) is 6.42 Å². The molecule has 0 aliphatic carbocycles.